The van der Waals surface area contributed by atoms with Crippen molar-refractivity contribution in [3.8, 4) is 0 Å². The highest BCUT2D eigenvalue weighted by molar-refractivity contribution is 6.02. The maximum absolute atomic E-state index is 13.7. The van der Waals surface area contributed by atoms with Gasteiger partial charge >= 0.3 is 0 Å². The molecule has 0 saturated heterocycles. The molecule has 0 aliphatic rings. The third-order valence-corrected chi connectivity index (χ3v) is 5.36. The quantitative estimate of drug-likeness (QED) is 0.528. The number of nitrogens with one attached hydrogen (secondary N) is 1. The van der Waals surface area contributed by atoms with Crippen LogP contribution in [0.2, 0.25) is 0 Å². The Morgan fingerprint density at radius 1 is 1.09 bits per heavy atom. The van der Waals surface area contributed by atoms with Crippen molar-refractivity contribution in [2.75, 3.05) is 24.3 Å². The van der Waals surface area contributed by atoms with Crippen LogP contribution in [0, 0.1) is 5.82 Å². The molecule has 1 heterocycles. The zero-order valence-electron chi connectivity index (χ0n) is 18.8. The molecule has 0 bridgehead atoms. The highest BCUT2D eigenvalue weighted by atomic mass is 19.1. The van der Waals surface area contributed by atoms with Crippen molar-refractivity contribution >= 4 is 23.2 Å². The fourth-order valence-electron chi connectivity index (χ4n) is 3.45. The van der Waals surface area contributed by atoms with Crippen LogP contribution in [0.5, 0.6) is 0 Å². The minimum absolute atomic E-state index is 0.0675. The Labute approximate surface area is 187 Å². The summed E-state index contributed by atoms with van der Waals surface area (Å²) in [5, 5.41) is 2.83. The summed E-state index contributed by atoms with van der Waals surface area (Å²) in [5.41, 5.74) is 2.67. The van der Waals surface area contributed by atoms with Crippen LogP contribution in [-0.2, 0) is 6.54 Å². The number of benzene rings is 2. The second-order valence-corrected chi connectivity index (χ2v) is 7.87. The Morgan fingerprint density at radius 2 is 1.88 bits per heavy atom. The van der Waals surface area contributed by atoms with E-state index in [1.54, 1.807) is 23.1 Å². The van der Waals surface area contributed by atoms with Gasteiger partial charge in [-0.2, -0.15) is 0 Å². The average Bonchev–Trinajstić information content (AvgIpc) is 3.31. The molecule has 1 atom stereocenters. The summed E-state index contributed by atoms with van der Waals surface area (Å²) < 4.78 is 18.9. The molecule has 0 aliphatic heterocycles. The standard InChI is InChI=1S/C25H28FN3O3/c1-5-17(2)29(25(31)18-8-6-9-20(26)14-18)16-19-15-21(11-12-22(19)28(3)4)27-24(30)23-10-7-13-32-23/h6-15,17H,5,16H2,1-4H3,(H,27,30). The summed E-state index contributed by atoms with van der Waals surface area (Å²) >= 11 is 0. The highest BCUT2D eigenvalue weighted by Crippen LogP contribution is 2.27. The minimum Gasteiger partial charge on any atom is -0.459 e. The molecule has 0 aliphatic carbocycles. The van der Waals surface area contributed by atoms with Gasteiger partial charge in [-0.15, -0.1) is 0 Å². The van der Waals surface area contributed by atoms with Crippen LogP contribution >= 0.6 is 0 Å². The van der Waals surface area contributed by atoms with E-state index in [9.17, 15) is 14.0 Å². The fraction of sp³-hybridized carbons (Fsp3) is 0.280. The first kappa shape index (κ1) is 23.1. The van der Waals surface area contributed by atoms with Gasteiger partial charge < -0.3 is 19.5 Å². The Morgan fingerprint density at radius 3 is 2.50 bits per heavy atom. The van der Waals surface area contributed by atoms with Crippen LogP contribution in [0.15, 0.2) is 65.3 Å². The Hall–Kier alpha value is -3.61. The second-order valence-electron chi connectivity index (χ2n) is 7.87. The maximum atomic E-state index is 13.7. The Kier molecular flexibility index (Phi) is 7.30. The third kappa shape index (κ3) is 5.35. The van der Waals surface area contributed by atoms with E-state index in [4.69, 9.17) is 4.42 Å². The van der Waals surface area contributed by atoms with Crippen molar-refractivity contribution in [1.82, 2.24) is 4.90 Å². The number of amides is 2. The molecule has 2 aromatic carbocycles. The van der Waals surface area contributed by atoms with Crippen molar-refractivity contribution < 1.29 is 18.4 Å². The van der Waals surface area contributed by atoms with Gasteiger partial charge in [-0.25, -0.2) is 4.39 Å². The summed E-state index contributed by atoms with van der Waals surface area (Å²) in [4.78, 5) is 29.3. The van der Waals surface area contributed by atoms with Gasteiger partial charge in [0.1, 0.15) is 5.82 Å². The Balaban J connectivity index is 1.93. The van der Waals surface area contributed by atoms with Gasteiger partial charge in [0.2, 0.25) is 0 Å². The van der Waals surface area contributed by atoms with Gasteiger partial charge in [0.25, 0.3) is 11.8 Å². The molecule has 1 N–H and O–H groups in total. The topological polar surface area (TPSA) is 65.8 Å². The largest absolute Gasteiger partial charge is 0.459 e. The van der Waals surface area contributed by atoms with E-state index in [0.717, 1.165) is 17.7 Å². The van der Waals surface area contributed by atoms with Crippen LogP contribution in [0.3, 0.4) is 0 Å². The summed E-state index contributed by atoms with van der Waals surface area (Å²) in [6, 6.07) is 14.5. The molecule has 1 unspecified atom stereocenters. The summed E-state index contributed by atoms with van der Waals surface area (Å²) in [7, 11) is 3.84. The van der Waals surface area contributed by atoms with E-state index in [1.807, 2.05) is 51.0 Å². The van der Waals surface area contributed by atoms with Crippen LogP contribution < -0.4 is 10.2 Å². The summed E-state index contributed by atoms with van der Waals surface area (Å²) in [6.45, 7) is 4.28. The lowest BCUT2D eigenvalue weighted by atomic mass is 10.1. The molecule has 3 rings (SSSR count). The van der Waals surface area contributed by atoms with Crippen molar-refractivity contribution in [1.29, 1.82) is 0 Å². The van der Waals surface area contributed by atoms with Crippen LogP contribution in [-0.4, -0.2) is 36.9 Å². The van der Waals surface area contributed by atoms with Crippen LogP contribution in [0.25, 0.3) is 0 Å². The van der Waals surface area contributed by atoms with Crippen molar-refractivity contribution in [3.63, 3.8) is 0 Å². The monoisotopic (exact) mass is 437 g/mol. The SMILES string of the molecule is CCC(C)N(Cc1cc(NC(=O)c2ccco2)ccc1N(C)C)C(=O)c1cccc(F)c1. The lowest BCUT2D eigenvalue weighted by molar-refractivity contribution is 0.0671. The fourth-order valence-corrected chi connectivity index (χ4v) is 3.45. The normalized spacial score (nSPS) is 11.7. The maximum Gasteiger partial charge on any atom is 0.291 e. The lowest BCUT2D eigenvalue weighted by Crippen LogP contribution is -2.38. The molecule has 168 valence electrons. The first-order chi connectivity index (χ1) is 15.3. The molecule has 3 aromatic rings. The number of nitrogens with zero attached hydrogens (tertiary/aromatic N) is 2. The van der Waals surface area contributed by atoms with Gasteiger partial charge in [-0.3, -0.25) is 9.59 Å². The smallest absolute Gasteiger partial charge is 0.291 e. The van der Waals surface area contributed by atoms with Crippen molar-refractivity contribution in [3.05, 3.63) is 83.6 Å². The Bertz CT molecular complexity index is 1080. The van der Waals surface area contributed by atoms with E-state index in [2.05, 4.69) is 5.32 Å². The molecular formula is C25H28FN3O3. The predicted molar refractivity (Wildman–Crippen MR) is 123 cm³/mol. The number of anilines is 2. The van der Waals surface area contributed by atoms with Gasteiger partial charge in [0, 0.05) is 43.6 Å². The van der Waals surface area contributed by atoms with E-state index < -0.39 is 5.82 Å². The lowest BCUT2D eigenvalue weighted by Gasteiger charge is -2.31. The van der Waals surface area contributed by atoms with E-state index in [0.29, 0.717) is 17.8 Å². The first-order valence-corrected chi connectivity index (χ1v) is 10.5. The zero-order chi connectivity index (χ0) is 23.3. The zero-order valence-corrected chi connectivity index (χ0v) is 18.8. The van der Waals surface area contributed by atoms with Gasteiger partial charge in [-0.1, -0.05) is 13.0 Å². The molecule has 6 nitrogen and oxygen atoms in total. The highest BCUT2D eigenvalue weighted by Gasteiger charge is 2.23. The molecule has 2 amide bonds. The predicted octanol–water partition coefficient (Wildman–Crippen LogP) is 5.18. The van der Waals surface area contributed by atoms with E-state index >= 15 is 0 Å². The summed E-state index contributed by atoms with van der Waals surface area (Å²) in [5.74, 6) is -0.830. The van der Waals surface area contributed by atoms with Crippen LogP contribution in [0.4, 0.5) is 15.8 Å². The van der Waals surface area contributed by atoms with Gasteiger partial charge in [0.15, 0.2) is 5.76 Å². The first-order valence-electron chi connectivity index (χ1n) is 10.5. The number of hydrogen-bond donors (Lipinski definition) is 1. The average molecular weight is 438 g/mol. The molecule has 0 spiro atoms. The van der Waals surface area contributed by atoms with E-state index in [1.165, 1.54) is 24.5 Å². The number of hydrogen-bond acceptors (Lipinski definition) is 4. The third-order valence-electron chi connectivity index (χ3n) is 5.36. The van der Waals surface area contributed by atoms with Crippen LogP contribution in [0.1, 0.15) is 46.7 Å². The molecule has 1 aromatic heterocycles. The number of rotatable bonds is 8. The number of carbonyl (C=O) groups excluding carboxylic acids is 2. The molecule has 0 radical (unpaired) electrons. The molecule has 7 heteroatoms. The molecule has 0 fully saturated rings. The molecule has 32 heavy (non-hydrogen) atoms. The van der Waals surface area contributed by atoms with Gasteiger partial charge in [0.05, 0.1) is 6.26 Å². The number of furan rings is 1. The number of carbonyl (C=O) groups is 2. The molecule has 0 saturated carbocycles. The number of halogens is 1. The molecular weight excluding hydrogens is 409 g/mol. The van der Waals surface area contributed by atoms with Crippen molar-refractivity contribution in [2.24, 2.45) is 0 Å². The summed E-state index contributed by atoms with van der Waals surface area (Å²) in [6.07, 6.45) is 2.19. The minimum atomic E-state index is -0.448. The van der Waals surface area contributed by atoms with Crippen molar-refractivity contribution in [2.45, 2.75) is 32.9 Å². The van der Waals surface area contributed by atoms with E-state index in [-0.39, 0.29) is 23.6 Å². The van der Waals surface area contributed by atoms with Gasteiger partial charge in [-0.05, 0) is 67.4 Å². The second kappa shape index (κ2) is 10.1.